The fraction of sp³-hybridized carbons (Fsp3) is 0.344. The third-order valence-electron chi connectivity index (χ3n) is 7.65. The van der Waals surface area contributed by atoms with Gasteiger partial charge in [0.15, 0.2) is 5.58 Å². The predicted molar refractivity (Wildman–Crippen MR) is 154 cm³/mol. The number of amides is 1. The van der Waals surface area contributed by atoms with Crippen LogP contribution >= 0.6 is 0 Å². The number of nitriles is 1. The lowest BCUT2D eigenvalue weighted by atomic mass is 10.0. The number of hydrogen-bond acceptors (Lipinski definition) is 8. The number of furan rings is 1. The number of piperidine rings is 1. The summed E-state index contributed by atoms with van der Waals surface area (Å²) in [5.74, 6) is 1.54. The molecule has 2 aromatic heterocycles. The van der Waals surface area contributed by atoms with Gasteiger partial charge in [0.25, 0.3) is 5.91 Å². The van der Waals surface area contributed by atoms with Crippen molar-refractivity contribution in [3.8, 4) is 40.0 Å². The summed E-state index contributed by atoms with van der Waals surface area (Å²) in [7, 11) is 1.57. The topological polar surface area (TPSA) is 119 Å². The van der Waals surface area contributed by atoms with Gasteiger partial charge < -0.3 is 29.3 Å². The molecule has 0 aliphatic carbocycles. The van der Waals surface area contributed by atoms with Crippen LogP contribution in [0, 0.1) is 11.3 Å². The molecule has 0 bridgehead atoms. The lowest BCUT2D eigenvalue weighted by molar-refractivity contribution is 0.0254. The molecule has 4 heterocycles. The highest BCUT2D eigenvalue weighted by Crippen LogP contribution is 2.38. The Bertz CT molecular complexity index is 1600. The van der Waals surface area contributed by atoms with Crippen LogP contribution in [0.3, 0.4) is 0 Å². The van der Waals surface area contributed by atoms with Crippen molar-refractivity contribution in [2.75, 3.05) is 33.4 Å². The summed E-state index contributed by atoms with van der Waals surface area (Å²) in [6, 6.07) is 17.1. The van der Waals surface area contributed by atoms with Crippen LogP contribution in [0.25, 0.3) is 33.6 Å². The second kappa shape index (κ2) is 12.0. The van der Waals surface area contributed by atoms with Gasteiger partial charge in [-0.1, -0.05) is 6.07 Å². The third kappa shape index (κ3) is 5.75. The van der Waals surface area contributed by atoms with E-state index in [1.54, 1.807) is 25.4 Å². The fourth-order valence-corrected chi connectivity index (χ4v) is 5.44. The number of carbonyl (C=O) groups excluding carboxylic acids is 1. The second-order valence-electron chi connectivity index (χ2n) is 10.4. The number of methoxy groups -OCH3 is 1. The molecule has 2 aromatic carbocycles. The zero-order chi connectivity index (χ0) is 28.2. The first-order valence-corrected chi connectivity index (χ1v) is 14.0. The summed E-state index contributed by atoms with van der Waals surface area (Å²) in [4.78, 5) is 17.4. The van der Waals surface area contributed by atoms with Crippen LogP contribution in [0.15, 0.2) is 59.1 Å². The van der Waals surface area contributed by atoms with Gasteiger partial charge in [0, 0.05) is 48.8 Å². The minimum absolute atomic E-state index is 0.0404. The van der Waals surface area contributed by atoms with Crippen LogP contribution in [-0.2, 0) is 4.74 Å². The molecule has 0 spiro atoms. The highest BCUT2D eigenvalue weighted by Gasteiger charge is 2.21. The smallest absolute Gasteiger partial charge is 0.251 e. The molecule has 0 radical (unpaired) electrons. The second-order valence-corrected chi connectivity index (χ2v) is 10.4. The molecule has 2 aliphatic heterocycles. The molecule has 41 heavy (non-hydrogen) atoms. The summed E-state index contributed by atoms with van der Waals surface area (Å²) in [6.07, 6.45) is 5.38. The molecule has 2 fully saturated rings. The van der Waals surface area contributed by atoms with Gasteiger partial charge in [-0.25, -0.2) is 0 Å². The standard InChI is InChI=1S/C32H32N4O5/c1-38-29-16-21(32(37)36-23-3-2-11-34-19-23)4-6-26(29)30-17-27-31(41-30)25(8-12-35-27)20-5-7-28(22(15-20)18-33)40-24-9-13-39-14-10-24/h4-8,12,15-17,23-24,34H,2-3,9-11,13-14,19H2,1H3,(H,36,37)/t23-/m1/s1. The van der Waals surface area contributed by atoms with E-state index in [1.165, 1.54) is 0 Å². The molecule has 9 nitrogen and oxygen atoms in total. The molecule has 6 rings (SSSR count). The minimum atomic E-state index is -0.130. The molecule has 1 amide bonds. The highest BCUT2D eigenvalue weighted by atomic mass is 16.5. The molecule has 2 aliphatic rings. The van der Waals surface area contributed by atoms with Gasteiger partial charge in [0.05, 0.1) is 31.5 Å². The Morgan fingerprint density at radius 2 is 1.95 bits per heavy atom. The van der Waals surface area contributed by atoms with Crippen molar-refractivity contribution in [3.05, 3.63) is 65.9 Å². The Morgan fingerprint density at radius 1 is 1.07 bits per heavy atom. The van der Waals surface area contributed by atoms with Gasteiger partial charge in [-0.3, -0.25) is 9.78 Å². The van der Waals surface area contributed by atoms with Gasteiger partial charge in [0.2, 0.25) is 0 Å². The summed E-state index contributed by atoms with van der Waals surface area (Å²) in [6.45, 7) is 3.09. The fourth-order valence-electron chi connectivity index (χ4n) is 5.44. The van der Waals surface area contributed by atoms with Crippen molar-refractivity contribution >= 4 is 17.0 Å². The van der Waals surface area contributed by atoms with Crippen LogP contribution in [0.1, 0.15) is 41.6 Å². The first-order chi connectivity index (χ1) is 20.1. The van der Waals surface area contributed by atoms with E-state index in [4.69, 9.17) is 18.6 Å². The normalized spacial score (nSPS) is 17.6. The maximum Gasteiger partial charge on any atom is 0.251 e. The Hall–Kier alpha value is -4.39. The summed E-state index contributed by atoms with van der Waals surface area (Å²) < 4.78 is 23.6. The maximum atomic E-state index is 12.9. The van der Waals surface area contributed by atoms with E-state index >= 15 is 0 Å². The molecular weight excluding hydrogens is 520 g/mol. The number of pyridine rings is 1. The lowest BCUT2D eigenvalue weighted by Crippen LogP contribution is -2.45. The highest BCUT2D eigenvalue weighted by molar-refractivity contribution is 5.97. The number of aromatic nitrogens is 1. The SMILES string of the molecule is COc1cc(C(=O)N[C@@H]2CCCNC2)ccc1-c1cc2nccc(-c3ccc(OC4CCOCC4)c(C#N)c3)c2o1. The van der Waals surface area contributed by atoms with E-state index in [-0.39, 0.29) is 18.1 Å². The van der Waals surface area contributed by atoms with E-state index in [9.17, 15) is 10.1 Å². The van der Waals surface area contributed by atoms with Crippen molar-refractivity contribution in [1.82, 2.24) is 15.6 Å². The van der Waals surface area contributed by atoms with Crippen molar-refractivity contribution in [3.63, 3.8) is 0 Å². The Morgan fingerprint density at radius 3 is 2.73 bits per heavy atom. The minimum Gasteiger partial charge on any atom is -0.496 e. The van der Waals surface area contributed by atoms with Crippen LogP contribution in [0.2, 0.25) is 0 Å². The molecule has 2 saturated heterocycles. The van der Waals surface area contributed by atoms with Gasteiger partial charge in [-0.2, -0.15) is 5.26 Å². The summed E-state index contributed by atoms with van der Waals surface area (Å²) >= 11 is 0. The van der Waals surface area contributed by atoms with Gasteiger partial charge in [0.1, 0.15) is 34.9 Å². The maximum absolute atomic E-state index is 12.9. The molecule has 9 heteroatoms. The van der Waals surface area contributed by atoms with Crippen molar-refractivity contribution in [2.24, 2.45) is 0 Å². The van der Waals surface area contributed by atoms with Crippen LogP contribution in [0.4, 0.5) is 0 Å². The van der Waals surface area contributed by atoms with E-state index in [1.807, 2.05) is 36.4 Å². The first kappa shape index (κ1) is 26.8. The zero-order valence-electron chi connectivity index (χ0n) is 22.9. The van der Waals surface area contributed by atoms with E-state index in [2.05, 4.69) is 21.7 Å². The molecular formula is C32H32N4O5. The number of ether oxygens (including phenoxy) is 3. The number of nitrogens with one attached hydrogen (secondary N) is 2. The average Bonchev–Trinajstić information content (AvgIpc) is 3.46. The van der Waals surface area contributed by atoms with Gasteiger partial charge in [-0.05, 0) is 61.3 Å². The van der Waals surface area contributed by atoms with Gasteiger partial charge in [-0.15, -0.1) is 0 Å². The quantitative estimate of drug-likeness (QED) is 0.326. The first-order valence-electron chi connectivity index (χ1n) is 14.0. The number of carbonyl (C=O) groups is 1. The number of rotatable bonds is 7. The molecule has 4 aromatic rings. The zero-order valence-corrected chi connectivity index (χ0v) is 22.9. The van der Waals surface area contributed by atoms with Gasteiger partial charge >= 0.3 is 0 Å². The molecule has 1 atom stereocenters. The summed E-state index contributed by atoms with van der Waals surface area (Å²) in [5.41, 5.74) is 4.61. The van der Waals surface area contributed by atoms with Crippen molar-refractivity contribution in [1.29, 1.82) is 5.26 Å². The van der Waals surface area contributed by atoms with Crippen LogP contribution in [0.5, 0.6) is 11.5 Å². The molecule has 0 unspecified atom stereocenters. The average molecular weight is 553 g/mol. The summed E-state index contributed by atoms with van der Waals surface area (Å²) in [5, 5.41) is 16.3. The Balaban J connectivity index is 1.28. The molecule has 2 N–H and O–H groups in total. The Labute approximate surface area is 238 Å². The number of fused-ring (bicyclic) bond motifs is 1. The van der Waals surface area contributed by atoms with E-state index < -0.39 is 0 Å². The number of nitrogens with zero attached hydrogens (tertiary/aromatic N) is 2. The Kier molecular flexibility index (Phi) is 7.85. The van der Waals surface area contributed by atoms with Crippen LogP contribution < -0.4 is 20.1 Å². The third-order valence-corrected chi connectivity index (χ3v) is 7.65. The number of hydrogen-bond donors (Lipinski definition) is 2. The lowest BCUT2D eigenvalue weighted by Gasteiger charge is -2.24. The monoisotopic (exact) mass is 552 g/mol. The largest absolute Gasteiger partial charge is 0.496 e. The molecule has 0 saturated carbocycles. The van der Waals surface area contributed by atoms with Crippen LogP contribution in [-0.4, -0.2) is 56.5 Å². The van der Waals surface area contributed by atoms with E-state index in [0.29, 0.717) is 58.3 Å². The molecule has 210 valence electrons. The predicted octanol–water partition coefficient (Wildman–Crippen LogP) is 5.08. The van der Waals surface area contributed by atoms with Crippen molar-refractivity contribution in [2.45, 2.75) is 37.8 Å². The van der Waals surface area contributed by atoms with Crippen molar-refractivity contribution < 1.29 is 23.4 Å². The number of benzene rings is 2. The van der Waals surface area contributed by atoms with E-state index in [0.717, 1.165) is 49.9 Å².